The fourth-order valence-electron chi connectivity index (χ4n) is 1.86. The molecule has 0 spiro atoms. The van der Waals surface area contributed by atoms with E-state index in [-0.39, 0.29) is 22.9 Å². The second-order valence-corrected chi connectivity index (χ2v) is 5.56. The molecule has 104 valence electrons. The third-order valence-corrected chi connectivity index (χ3v) is 3.55. The molecule has 0 aliphatic heterocycles. The number of rotatable bonds is 3. The molecular formula is C15H15BrN2O2. The second kappa shape index (κ2) is 6.05. The number of aromatic amines is 1. The van der Waals surface area contributed by atoms with Crippen molar-refractivity contribution in [2.45, 2.75) is 19.9 Å². The number of carbonyl (C=O) groups excluding carboxylic acids is 1. The third-order valence-electron chi connectivity index (χ3n) is 3.02. The molecule has 0 bridgehead atoms. The monoisotopic (exact) mass is 334 g/mol. The van der Waals surface area contributed by atoms with Crippen molar-refractivity contribution in [1.82, 2.24) is 10.3 Å². The molecule has 1 aromatic heterocycles. The van der Waals surface area contributed by atoms with Gasteiger partial charge in [-0.3, -0.25) is 9.59 Å². The van der Waals surface area contributed by atoms with E-state index in [9.17, 15) is 9.59 Å². The summed E-state index contributed by atoms with van der Waals surface area (Å²) >= 11 is 3.37. The topological polar surface area (TPSA) is 62.0 Å². The summed E-state index contributed by atoms with van der Waals surface area (Å²) in [7, 11) is 0. The van der Waals surface area contributed by atoms with E-state index in [1.165, 1.54) is 12.3 Å². The van der Waals surface area contributed by atoms with Gasteiger partial charge in [0.25, 0.3) is 5.91 Å². The number of hydrogen-bond acceptors (Lipinski definition) is 2. The molecule has 1 unspecified atom stereocenters. The molecule has 1 amide bonds. The summed E-state index contributed by atoms with van der Waals surface area (Å²) in [5.74, 6) is -0.373. The van der Waals surface area contributed by atoms with Crippen LogP contribution in [-0.4, -0.2) is 10.9 Å². The van der Waals surface area contributed by atoms with E-state index in [0.717, 1.165) is 15.7 Å². The van der Waals surface area contributed by atoms with E-state index >= 15 is 0 Å². The summed E-state index contributed by atoms with van der Waals surface area (Å²) in [5.41, 5.74) is 1.55. The molecular weight excluding hydrogens is 320 g/mol. The van der Waals surface area contributed by atoms with Gasteiger partial charge in [0.15, 0.2) is 5.43 Å². The maximum absolute atomic E-state index is 12.1. The minimum atomic E-state index is -0.373. The van der Waals surface area contributed by atoms with Crippen molar-refractivity contribution in [3.05, 3.63) is 68.0 Å². The van der Waals surface area contributed by atoms with Gasteiger partial charge in [0, 0.05) is 22.4 Å². The molecule has 0 saturated carbocycles. The van der Waals surface area contributed by atoms with Crippen LogP contribution in [0.1, 0.15) is 34.6 Å². The van der Waals surface area contributed by atoms with Gasteiger partial charge in [0.05, 0.1) is 6.04 Å². The Bertz CT molecular complexity index is 677. The minimum Gasteiger partial charge on any atom is -0.364 e. The van der Waals surface area contributed by atoms with Gasteiger partial charge in [0.2, 0.25) is 0 Å². The van der Waals surface area contributed by atoms with Crippen LogP contribution < -0.4 is 10.7 Å². The van der Waals surface area contributed by atoms with Gasteiger partial charge in [-0.1, -0.05) is 28.1 Å². The number of pyridine rings is 1. The largest absolute Gasteiger partial charge is 0.364 e. The summed E-state index contributed by atoms with van der Waals surface area (Å²) < 4.78 is 0.981. The Hall–Kier alpha value is -1.88. The first kappa shape index (κ1) is 14.5. The number of H-pyrrole nitrogens is 1. The average molecular weight is 335 g/mol. The molecule has 2 rings (SSSR count). The van der Waals surface area contributed by atoms with Crippen molar-refractivity contribution in [3.8, 4) is 0 Å². The van der Waals surface area contributed by atoms with Crippen molar-refractivity contribution in [1.29, 1.82) is 0 Å². The summed E-state index contributed by atoms with van der Waals surface area (Å²) in [6.45, 7) is 3.65. The van der Waals surface area contributed by atoms with E-state index in [2.05, 4.69) is 26.2 Å². The van der Waals surface area contributed by atoms with Crippen LogP contribution in [0.3, 0.4) is 0 Å². The second-order valence-electron chi connectivity index (χ2n) is 4.64. The summed E-state index contributed by atoms with van der Waals surface area (Å²) in [5, 5.41) is 2.82. The molecule has 0 saturated heterocycles. The zero-order valence-electron chi connectivity index (χ0n) is 11.2. The Kier molecular flexibility index (Phi) is 4.39. The first-order valence-electron chi connectivity index (χ1n) is 6.23. The highest BCUT2D eigenvalue weighted by molar-refractivity contribution is 9.10. The summed E-state index contributed by atoms with van der Waals surface area (Å²) in [6.07, 6.45) is 1.45. The van der Waals surface area contributed by atoms with Gasteiger partial charge >= 0.3 is 0 Å². The van der Waals surface area contributed by atoms with E-state index in [1.54, 1.807) is 6.92 Å². The fourth-order valence-corrected chi connectivity index (χ4v) is 2.12. The van der Waals surface area contributed by atoms with Gasteiger partial charge in [-0.15, -0.1) is 0 Å². The summed E-state index contributed by atoms with van der Waals surface area (Å²) in [4.78, 5) is 26.7. The minimum absolute atomic E-state index is 0.125. The quantitative estimate of drug-likeness (QED) is 0.906. The number of nitrogens with one attached hydrogen (secondary N) is 2. The molecule has 4 nitrogen and oxygen atoms in total. The highest BCUT2D eigenvalue weighted by atomic mass is 79.9. The molecule has 1 heterocycles. The van der Waals surface area contributed by atoms with Crippen molar-refractivity contribution in [2.75, 3.05) is 0 Å². The third kappa shape index (κ3) is 3.36. The van der Waals surface area contributed by atoms with Crippen molar-refractivity contribution >= 4 is 21.8 Å². The Balaban J connectivity index is 2.15. The Morgan fingerprint density at radius 2 is 1.95 bits per heavy atom. The van der Waals surface area contributed by atoms with Gasteiger partial charge in [-0.05, 0) is 31.5 Å². The molecule has 1 aromatic carbocycles. The maximum atomic E-state index is 12.1. The highest BCUT2D eigenvalue weighted by Gasteiger charge is 2.14. The van der Waals surface area contributed by atoms with Crippen molar-refractivity contribution in [3.63, 3.8) is 0 Å². The van der Waals surface area contributed by atoms with Crippen LogP contribution in [0.4, 0.5) is 0 Å². The lowest BCUT2D eigenvalue weighted by Crippen LogP contribution is -2.30. The number of aromatic nitrogens is 1. The first-order chi connectivity index (χ1) is 9.47. The van der Waals surface area contributed by atoms with Crippen LogP contribution in [0.5, 0.6) is 0 Å². The molecule has 0 fully saturated rings. The highest BCUT2D eigenvalue weighted by Crippen LogP contribution is 2.16. The van der Waals surface area contributed by atoms with E-state index in [4.69, 9.17) is 0 Å². The average Bonchev–Trinajstić information content (AvgIpc) is 2.39. The standard InChI is InChI=1S/C15H15BrN2O2/c1-9-7-14(19)13(8-17-9)15(20)18-10(2)11-3-5-12(16)6-4-11/h3-8,10H,1-2H3,(H,17,19)(H,18,20). The van der Waals surface area contributed by atoms with Gasteiger partial charge in [0.1, 0.15) is 5.56 Å². The number of hydrogen-bond donors (Lipinski definition) is 2. The molecule has 0 radical (unpaired) electrons. The van der Waals surface area contributed by atoms with Crippen molar-refractivity contribution in [2.24, 2.45) is 0 Å². The molecule has 0 aliphatic rings. The zero-order chi connectivity index (χ0) is 14.7. The number of carbonyl (C=O) groups is 1. The first-order valence-corrected chi connectivity index (χ1v) is 7.02. The van der Waals surface area contributed by atoms with E-state index in [0.29, 0.717) is 0 Å². The number of halogens is 1. The lowest BCUT2D eigenvalue weighted by Gasteiger charge is -2.14. The van der Waals surface area contributed by atoms with Crippen LogP contribution >= 0.6 is 15.9 Å². The van der Waals surface area contributed by atoms with Gasteiger partial charge in [-0.25, -0.2) is 0 Å². The van der Waals surface area contributed by atoms with Gasteiger partial charge < -0.3 is 10.3 Å². The SMILES string of the molecule is Cc1cc(=O)c(C(=O)NC(C)c2ccc(Br)cc2)c[nH]1. The molecule has 0 aliphatic carbocycles. The zero-order valence-corrected chi connectivity index (χ0v) is 12.8. The smallest absolute Gasteiger partial charge is 0.257 e. The molecule has 2 N–H and O–H groups in total. The predicted octanol–water partition coefficient (Wildman–Crippen LogP) is 2.94. The molecule has 5 heteroatoms. The lowest BCUT2D eigenvalue weighted by atomic mass is 10.1. The van der Waals surface area contributed by atoms with Gasteiger partial charge in [-0.2, -0.15) is 0 Å². The van der Waals surface area contributed by atoms with E-state index < -0.39 is 0 Å². The van der Waals surface area contributed by atoms with Crippen LogP contribution in [-0.2, 0) is 0 Å². The van der Waals surface area contributed by atoms with Crippen LogP contribution in [0.2, 0.25) is 0 Å². The fraction of sp³-hybridized carbons (Fsp3) is 0.200. The molecule has 20 heavy (non-hydrogen) atoms. The lowest BCUT2D eigenvalue weighted by molar-refractivity contribution is 0.0938. The number of benzene rings is 1. The normalized spacial score (nSPS) is 11.9. The Morgan fingerprint density at radius 3 is 2.55 bits per heavy atom. The van der Waals surface area contributed by atoms with Crippen LogP contribution in [0, 0.1) is 6.92 Å². The van der Waals surface area contributed by atoms with Crippen LogP contribution in [0.15, 0.2) is 45.8 Å². The van der Waals surface area contributed by atoms with Crippen molar-refractivity contribution < 1.29 is 4.79 Å². The number of aryl methyl sites for hydroxylation is 1. The Morgan fingerprint density at radius 1 is 1.30 bits per heavy atom. The van der Waals surface area contributed by atoms with E-state index in [1.807, 2.05) is 31.2 Å². The van der Waals surface area contributed by atoms with Crippen LogP contribution in [0.25, 0.3) is 0 Å². The number of amides is 1. The molecule has 2 aromatic rings. The Labute approximate surface area is 125 Å². The molecule has 1 atom stereocenters. The maximum Gasteiger partial charge on any atom is 0.257 e. The summed E-state index contributed by atoms with van der Waals surface area (Å²) in [6, 6.07) is 8.92. The predicted molar refractivity (Wildman–Crippen MR) is 81.8 cm³/mol.